The fraction of sp³-hybridized carbons (Fsp3) is 0.273. The van der Waals surface area contributed by atoms with Crippen LogP contribution in [0.25, 0.3) is 0 Å². The normalized spacial score (nSPS) is 9.41. The van der Waals surface area contributed by atoms with Crippen LogP contribution in [-0.4, -0.2) is 24.8 Å². The van der Waals surface area contributed by atoms with Gasteiger partial charge in [0.2, 0.25) is 0 Å². The number of carbonyl (C=O) groups is 1. The standard InChI is InChI=1S/C11H11N3O3/c1-13(6-2-5-12)10-3-4-11(14(16)17)9(7-10)8-15/h3-4,7-8H,2,6H2,1H3. The summed E-state index contributed by atoms with van der Waals surface area (Å²) in [5, 5.41) is 19.1. The summed E-state index contributed by atoms with van der Waals surface area (Å²) in [4.78, 5) is 22.5. The van der Waals surface area contributed by atoms with Crippen LogP contribution >= 0.6 is 0 Å². The summed E-state index contributed by atoms with van der Waals surface area (Å²) in [5.74, 6) is 0. The summed E-state index contributed by atoms with van der Waals surface area (Å²) in [7, 11) is 1.76. The lowest BCUT2D eigenvalue weighted by molar-refractivity contribution is -0.385. The zero-order valence-corrected chi connectivity index (χ0v) is 9.29. The molecular weight excluding hydrogens is 222 g/mol. The fourth-order valence-electron chi connectivity index (χ4n) is 1.39. The number of benzene rings is 1. The maximum atomic E-state index is 10.7. The second kappa shape index (κ2) is 5.61. The van der Waals surface area contributed by atoms with Gasteiger partial charge >= 0.3 is 0 Å². The number of nitriles is 1. The highest BCUT2D eigenvalue weighted by molar-refractivity contribution is 5.83. The molecule has 0 N–H and O–H groups in total. The van der Waals surface area contributed by atoms with Gasteiger partial charge in [0.25, 0.3) is 5.69 Å². The number of aldehydes is 1. The molecule has 0 aliphatic heterocycles. The highest BCUT2D eigenvalue weighted by Gasteiger charge is 2.14. The number of hydrogen-bond donors (Lipinski definition) is 0. The van der Waals surface area contributed by atoms with Gasteiger partial charge in [-0.15, -0.1) is 0 Å². The van der Waals surface area contributed by atoms with Crippen LogP contribution in [0.15, 0.2) is 18.2 Å². The van der Waals surface area contributed by atoms with Gasteiger partial charge in [-0.2, -0.15) is 5.26 Å². The third-order valence-electron chi connectivity index (χ3n) is 2.33. The number of hydrogen-bond acceptors (Lipinski definition) is 5. The summed E-state index contributed by atoms with van der Waals surface area (Å²) in [6, 6.07) is 6.31. The second-order valence-corrected chi connectivity index (χ2v) is 3.45. The lowest BCUT2D eigenvalue weighted by atomic mass is 10.1. The maximum absolute atomic E-state index is 10.7. The van der Waals surface area contributed by atoms with Crippen molar-refractivity contribution in [3.63, 3.8) is 0 Å². The third kappa shape index (κ3) is 3.01. The molecule has 0 aliphatic rings. The van der Waals surface area contributed by atoms with Gasteiger partial charge in [0.1, 0.15) is 0 Å². The third-order valence-corrected chi connectivity index (χ3v) is 2.33. The molecule has 88 valence electrons. The Labute approximate surface area is 98.2 Å². The summed E-state index contributed by atoms with van der Waals surface area (Å²) in [5.41, 5.74) is 0.502. The molecule has 0 saturated heterocycles. The fourth-order valence-corrected chi connectivity index (χ4v) is 1.39. The van der Waals surface area contributed by atoms with E-state index in [0.717, 1.165) is 0 Å². The van der Waals surface area contributed by atoms with Crippen LogP contribution in [0.1, 0.15) is 16.8 Å². The molecule has 6 nitrogen and oxygen atoms in total. The van der Waals surface area contributed by atoms with Gasteiger partial charge < -0.3 is 4.90 Å². The molecule has 0 atom stereocenters. The smallest absolute Gasteiger partial charge is 0.280 e. The Morgan fingerprint density at radius 3 is 2.82 bits per heavy atom. The minimum Gasteiger partial charge on any atom is -0.374 e. The Balaban J connectivity index is 3.01. The minimum absolute atomic E-state index is 0.0382. The number of nitro benzene ring substituents is 1. The van der Waals surface area contributed by atoms with E-state index in [1.54, 1.807) is 18.0 Å². The first-order chi connectivity index (χ1) is 8.10. The number of carbonyl (C=O) groups excluding carboxylic acids is 1. The molecular formula is C11H11N3O3. The average Bonchev–Trinajstić information content (AvgIpc) is 2.34. The van der Waals surface area contributed by atoms with Crippen LogP contribution in [0.5, 0.6) is 0 Å². The topological polar surface area (TPSA) is 87.2 Å². The van der Waals surface area contributed by atoms with Crippen LogP contribution in [0.3, 0.4) is 0 Å². The Morgan fingerprint density at radius 1 is 1.59 bits per heavy atom. The zero-order chi connectivity index (χ0) is 12.8. The average molecular weight is 233 g/mol. The summed E-state index contributed by atoms with van der Waals surface area (Å²) < 4.78 is 0. The Morgan fingerprint density at radius 2 is 2.29 bits per heavy atom. The first-order valence-corrected chi connectivity index (χ1v) is 4.92. The molecule has 6 heteroatoms. The number of anilines is 1. The van der Waals surface area contributed by atoms with Gasteiger partial charge in [0, 0.05) is 25.3 Å². The molecule has 0 fully saturated rings. The number of nitrogens with zero attached hydrogens (tertiary/aromatic N) is 3. The summed E-state index contributed by atoms with van der Waals surface area (Å²) in [6.07, 6.45) is 0.809. The van der Waals surface area contributed by atoms with Crippen LogP contribution < -0.4 is 4.90 Å². The number of nitro groups is 1. The molecule has 0 bridgehead atoms. The van der Waals surface area contributed by atoms with Crippen molar-refractivity contribution in [3.05, 3.63) is 33.9 Å². The van der Waals surface area contributed by atoms with Crippen LogP contribution in [-0.2, 0) is 0 Å². The van der Waals surface area contributed by atoms with E-state index in [9.17, 15) is 14.9 Å². The molecule has 0 radical (unpaired) electrons. The Hall–Kier alpha value is -2.42. The van der Waals surface area contributed by atoms with E-state index in [1.807, 2.05) is 6.07 Å². The van der Waals surface area contributed by atoms with E-state index < -0.39 is 4.92 Å². The molecule has 0 amide bonds. The molecule has 1 rings (SSSR count). The predicted molar refractivity (Wildman–Crippen MR) is 62.0 cm³/mol. The van der Waals surface area contributed by atoms with Crippen molar-refractivity contribution in [3.8, 4) is 6.07 Å². The second-order valence-electron chi connectivity index (χ2n) is 3.45. The Kier molecular flexibility index (Phi) is 4.17. The van der Waals surface area contributed by atoms with Gasteiger partial charge in [-0.05, 0) is 12.1 Å². The van der Waals surface area contributed by atoms with Crippen molar-refractivity contribution in [2.75, 3.05) is 18.5 Å². The van der Waals surface area contributed by atoms with Crippen LogP contribution in [0, 0.1) is 21.4 Å². The lowest BCUT2D eigenvalue weighted by Crippen LogP contribution is -2.18. The van der Waals surface area contributed by atoms with Crippen molar-refractivity contribution >= 4 is 17.7 Å². The highest BCUT2D eigenvalue weighted by Crippen LogP contribution is 2.23. The zero-order valence-electron chi connectivity index (χ0n) is 9.29. The first-order valence-electron chi connectivity index (χ1n) is 4.92. The molecule has 1 aromatic rings. The summed E-state index contributed by atoms with van der Waals surface area (Å²) >= 11 is 0. The van der Waals surface area contributed by atoms with E-state index in [4.69, 9.17) is 5.26 Å². The minimum atomic E-state index is -0.594. The summed E-state index contributed by atoms with van der Waals surface area (Å²) in [6.45, 7) is 0.507. The van der Waals surface area contributed by atoms with Gasteiger partial charge in [-0.1, -0.05) is 0 Å². The van der Waals surface area contributed by atoms with Gasteiger partial charge in [-0.25, -0.2) is 0 Å². The molecule has 17 heavy (non-hydrogen) atoms. The van der Waals surface area contributed by atoms with Gasteiger partial charge in [-0.3, -0.25) is 14.9 Å². The van der Waals surface area contributed by atoms with Crippen molar-refractivity contribution in [2.24, 2.45) is 0 Å². The lowest BCUT2D eigenvalue weighted by Gasteiger charge is -2.17. The van der Waals surface area contributed by atoms with Crippen molar-refractivity contribution in [1.82, 2.24) is 0 Å². The van der Waals surface area contributed by atoms with E-state index in [-0.39, 0.29) is 11.3 Å². The predicted octanol–water partition coefficient (Wildman–Crippen LogP) is 1.76. The van der Waals surface area contributed by atoms with Crippen LogP contribution in [0.4, 0.5) is 11.4 Å². The molecule has 0 aromatic heterocycles. The molecule has 0 spiro atoms. The molecule has 0 heterocycles. The van der Waals surface area contributed by atoms with Gasteiger partial charge in [0.05, 0.1) is 23.0 Å². The van der Waals surface area contributed by atoms with Crippen molar-refractivity contribution in [1.29, 1.82) is 5.26 Å². The number of rotatable bonds is 5. The molecule has 1 aromatic carbocycles. The van der Waals surface area contributed by atoms with Gasteiger partial charge in [0.15, 0.2) is 6.29 Å². The molecule has 0 aliphatic carbocycles. The Bertz CT molecular complexity index is 479. The maximum Gasteiger partial charge on any atom is 0.280 e. The largest absolute Gasteiger partial charge is 0.374 e. The quantitative estimate of drug-likeness (QED) is 0.439. The van der Waals surface area contributed by atoms with Crippen LogP contribution in [0.2, 0.25) is 0 Å². The van der Waals surface area contributed by atoms with E-state index in [1.165, 1.54) is 12.1 Å². The molecule has 0 saturated carbocycles. The monoisotopic (exact) mass is 233 g/mol. The highest BCUT2D eigenvalue weighted by atomic mass is 16.6. The van der Waals surface area contributed by atoms with Crippen molar-refractivity contribution < 1.29 is 9.72 Å². The SMILES string of the molecule is CN(CCC#N)c1ccc([N+](=O)[O-])c(C=O)c1. The van der Waals surface area contributed by atoms with E-state index in [0.29, 0.717) is 24.9 Å². The molecule has 0 unspecified atom stereocenters. The van der Waals surface area contributed by atoms with Crippen molar-refractivity contribution in [2.45, 2.75) is 6.42 Å². The van der Waals surface area contributed by atoms with E-state index >= 15 is 0 Å². The van der Waals surface area contributed by atoms with E-state index in [2.05, 4.69) is 0 Å². The first kappa shape index (κ1) is 12.6.